The van der Waals surface area contributed by atoms with Crippen molar-refractivity contribution in [2.45, 2.75) is 13.1 Å². The molecule has 10 heteroatoms. The number of rotatable bonds is 8. The molecule has 0 aliphatic rings. The summed E-state index contributed by atoms with van der Waals surface area (Å²) < 4.78 is 54.4. The van der Waals surface area contributed by atoms with Crippen molar-refractivity contribution in [3.8, 4) is 11.5 Å². The van der Waals surface area contributed by atoms with Gasteiger partial charge in [-0.1, -0.05) is 23.7 Å². The highest BCUT2D eigenvalue weighted by Gasteiger charge is 2.34. The van der Waals surface area contributed by atoms with Crippen LogP contribution in [0.3, 0.4) is 0 Å². The molecule has 2 aromatic carbocycles. The molecule has 156 valence electrons. The van der Waals surface area contributed by atoms with Crippen LogP contribution in [-0.2, 0) is 20.5 Å². The average Bonchev–Trinajstić information content (AvgIpc) is 2.66. The minimum absolute atomic E-state index is 0.133. The van der Waals surface area contributed by atoms with Gasteiger partial charge in [0.25, 0.3) is 5.91 Å². The molecule has 0 heterocycles. The van der Waals surface area contributed by atoms with Crippen molar-refractivity contribution in [1.29, 1.82) is 0 Å². The largest absolute Gasteiger partial charge is 0.490 e. The number of hydrogen-bond donors (Lipinski definition) is 1. The van der Waals surface area contributed by atoms with Gasteiger partial charge in [-0.3, -0.25) is 4.79 Å². The molecule has 0 unspecified atom stereocenters. The van der Waals surface area contributed by atoms with Crippen LogP contribution < -0.4 is 14.8 Å². The van der Waals surface area contributed by atoms with Gasteiger partial charge in [0.2, 0.25) is 0 Å². The molecule has 0 fully saturated rings. The summed E-state index contributed by atoms with van der Waals surface area (Å²) in [6.45, 7) is 0.894. The third-order valence-corrected chi connectivity index (χ3v) is 3.65. The van der Waals surface area contributed by atoms with Crippen LogP contribution in [0.2, 0.25) is 5.02 Å². The zero-order chi connectivity index (χ0) is 21.4. The summed E-state index contributed by atoms with van der Waals surface area (Å²) in [5, 5.41) is 1.91. The van der Waals surface area contributed by atoms with E-state index in [1.165, 1.54) is 6.07 Å². The maximum absolute atomic E-state index is 13.0. The molecule has 0 spiro atoms. The molecular formula is C19H17ClF3NO5. The minimum Gasteiger partial charge on any atom is -0.490 e. The fraction of sp³-hybridized carbons (Fsp3) is 0.263. The number of nitrogens with one attached hydrogen (secondary N) is 1. The van der Waals surface area contributed by atoms with E-state index in [0.29, 0.717) is 24.2 Å². The number of para-hydroxylation sites is 2. The summed E-state index contributed by atoms with van der Waals surface area (Å²) in [6.07, 6.45) is -4.72. The van der Waals surface area contributed by atoms with Crippen molar-refractivity contribution in [1.82, 2.24) is 0 Å². The van der Waals surface area contributed by atoms with Crippen molar-refractivity contribution in [3.05, 3.63) is 53.1 Å². The number of halogens is 4. The average molecular weight is 432 g/mol. The zero-order valence-corrected chi connectivity index (χ0v) is 16.0. The van der Waals surface area contributed by atoms with Crippen LogP contribution in [0.5, 0.6) is 11.5 Å². The highest BCUT2D eigenvalue weighted by Crippen LogP contribution is 2.36. The third kappa shape index (κ3) is 6.86. The van der Waals surface area contributed by atoms with Crippen LogP contribution in [0, 0.1) is 0 Å². The Hall–Kier alpha value is -2.94. The van der Waals surface area contributed by atoms with E-state index in [4.69, 9.17) is 25.8 Å². The van der Waals surface area contributed by atoms with Gasteiger partial charge < -0.3 is 19.5 Å². The van der Waals surface area contributed by atoms with Gasteiger partial charge >= 0.3 is 12.1 Å². The molecule has 0 bridgehead atoms. The van der Waals surface area contributed by atoms with Gasteiger partial charge in [-0.05, 0) is 37.3 Å². The van der Waals surface area contributed by atoms with Crippen LogP contribution in [-0.4, -0.2) is 31.7 Å². The summed E-state index contributed by atoms with van der Waals surface area (Å²) in [4.78, 5) is 23.6. The van der Waals surface area contributed by atoms with Gasteiger partial charge in [0, 0.05) is 5.02 Å². The molecule has 2 rings (SSSR count). The Labute approximate surface area is 169 Å². The second-order valence-corrected chi connectivity index (χ2v) is 6.00. The van der Waals surface area contributed by atoms with Crippen molar-refractivity contribution in [3.63, 3.8) is 0 Å². The van der Waals surface area contributed by atoms with Gasteiger partial charge in [0.15, 0.2) is 24.7 Å². The second kappa shape index (κ2) is 10.0. The molecule has 0 saturated carbocycles. The predicted octanol–water partition coefficient (Wildman–Crippen LogP) is 4.32. The number of hydrogen-bond acceptors (Lipinski definition) is 5. The molecule has 0 atom stereocenters. The topological polar surface area (TPSA) is 73.9 Å². The Morgan fingerprint density at radius 3 is 2.31 bits per heavy atom. The van der Waals surface area contributed by atoms with Gasteiger partial charge in [0.05, 0.1) is 17.9 Å². The maximum atomic E-state index is 13.0. The number of esters is 1. The standard InChI is InChI=1S/C19H17ClF3NO5/c1-2-27-15-5-3-4-6-16(15)28-11-18(26)29-10-17(25)24-14-8-7-12(20)9-13(14)19(21,22)23/h3-9H,2,10-11H2,1H3,(H,24,25). The third-order valence-electron chi connectivity index (χ3n) is 3.42. The summed E-state index contributed by atoms with van der Waals surface area (Å²) in [7, 11) is 0. The predicted molar refractivity (Wildman–Crippen MR) is 99.1 cm³/mol. The van der Waals surface area contributed by atoms with Crippen LogP contribution in [0.25, 0.3) is 0 Å². The Bertz CT molecular complexity index is 873. The lowest BCUT2D eigenvalue weighted by molar-refractivity contribution is -0.149. The van der Waals surface area contributed by atoms with Gasteiger partial charge in [-0.25, -0.2) is 4.79 Å². The lowest BCUT2D eigenvalue weighted by Crippen LogP contribution is -2.25. The van der Waals surface area contributed by atoms with Crippen molar-refractivity contribution >= 4 is 29.2 Å². The number of anilines is 1. The first-order valence-corrected chi connectivity index (χ1v) is 8.75. The number of carbonyl (C=O) groups excluding carboxylic acids is 2. The van der Waals surface area contributed by atoms with Crippen molar-refractivity contribution in [2.24, 2.45) is 0 Å². The highest BCUT2D eigenvalue weighted by atomic mass is 35.5. The second-order valence-electron chi connectivity index (χ2n) is 5.56. The van der Waals surface area contributed by atoms with Gasteiger partial charge in [0.1, 0.15) is 0 Å². The van der Waals surface area contributed by atoms with E-state index in [0.717, 1.165) is 6.07 Å². The number of benzene rings is 2. The lowest BCUT2D eigenvalue weighted by atomic mass is 10.1. The van der Waals surface area contributed by atoms with Crippen LogP contribution in [0.4, 0.5) is 18.9 Å². The quantitative estimate of drug-likeness (QED) is 0.630. The summed E-state index contributed by atoms with van der Waals surface area (Å²) in [6, 6.07) is 9.55. The van der Waals surface area contributed by atoms with E-state index in [2.05, 4.69) is 0 Å². The zero-order valence-electron chi connectivity index (χ0n) is 15.2. The van der Waals surface area contributed by atoms with E-state index in [-0.39, 0.29) is 5.02 Å². The summed E-state index contributed by atoms with van der Waals surface area (Å²) >= 11 is 5.57. The summed E-state index contributed by atoms with van der Waals surface area (Å²) in [5.74, 6) is -1.07. The lowest BCUT2D eigenvalue weighted by Gasteiger charge is -2.14. The first kappa shape index (κ1) is 22.4. The summed E-state index contributed by atoms with van der Waals surface area (Å²) in [5.41, 5.74) is -1.61. The Morgan fingerprint density at radius 2 is 1.69 bits per heavy atom. The SMILES string of the molecule is CCOc1ccccc1OCC(=O)OCC(=O)Nc1ccc(Cl)cc1C(F)(F)F. The number of carbonyl (C=O) groups is 2. The first-order valence-electron chi connectivity index (χ1n) is 8.37. The molecule has 0 radical (unpaired) electrons. The van der Waals surface area contributed by atoms with E-state index >= 15 is 0 Å². The monoisotopic (exact) mass is 431 g/mol. The maximum Gasteiger partial charge on any atom is 0.418 e. The molecule has 6 nitrogen and oxygen atoms in total. The number of ether oxygens (including phenoxy) is 3. The van der Waals surface area contributed by atoms with Crippen molar-refractivity contribution < 1.29 is 37.0 Å². The van der Waals surface area contributed by atoms with Gasteiger partial charge in [-0.2, -0.15) is 13.2 Å². The minimum atomic E-state index is -4.72. The van der Waals surface area contributed by atoms with E-state index in [9.17, 15) is 22.8 Å². The first-order chi connectivity index (χ1) is 13.7. The fourth-order valence-corrected chi connectivity index (χ4v) is 2.39. The highest BCUT2D eigenvalue weighted by molar-refractivity contribution is 6.30. The van der Waals surface area contributed by atoms with E-state index < -0.39 is 42.5 Å². The Balaban J connectivity index is 1.88. The number of alkyl halides is 3. The molecular weight excluding hydrogens is 415 g/mol. The molecule has 1 N–H and O–H groups in total. The molecule has 0 saturated heterocycles. The normalized spacial score (nSPS) is 10.9. The van der Waals surface area contributed by atoms with Gasteiger partial charge in [-0.15, -0.1) is 0 Å². The molecule has 0 aliphatic carbocycles. The van der Waals surface area contributed by atoms with Crippen LogP contribution >= 0.6 is 11.6 Å². The molecule has 29 heavy (non-hydrogen) atoms. The van der Waals surface area contributed by atoms with Crippen molar-refractivity contribution in [2.75, 3.05) is 25.1 Å². The van der Waals surface area contributed by atoms with Crippen LogP contribution in [0.1, 0.15) is 12.5 Å². The number of amides is 1. The van der Waals surface area contributed by atoms with E-state index in [1.54, 1.807) is 31.2 Å². The van der Waals surface area contributed by atoms with E-state index in [1.807, 2.05) is 5.32 Å². The van der Waals surface area contributed by atoms with Crippen LogP contribution in [0.15, 0.2) is 42.5 Å². The Kier molecular flexibility index (Phi) is 7.72. The fourth-order valence-electron chi connectivity index (χ4n) is 2.21. The smallest absolute Gasteiger partial charge is 0.418 e. The molecule has 0 aromatic heterocycles. The molecule has 1 amide bonds. The Morgan fingerprint density at radius 1 is 1.03 bits per heavy atom. The molecule has 0 aliphatic heterocycles. The molecule has 2 aromatic rings.